The Bertz CT molecular complexity index is 822. The van der Waals surface area contributed by atoms with Crippen molar-refractivity contribution < 1.29 is 9.59 Å². The fraction of sp³-hybridized carbons (Fsp3) is 0.381. The van der Waals surface area contributed by atoms with E-state index in [1.807, 2.05) is 24.3 Å². The van der Waals surface area contributed by atoms with Crippen molar-refractivity contribution in [2.45, 2.75) is 25.7 Å². The van der Waals surface area contributed by atoms with Crippen LogP contribution in [0.3, 0.4) is 0 Å². The second kappa shape index (κ2) is 7.78. The van der Waals surface area contributed by atoms with Crippen LogP contribution in [0.4, 0.5) is 11.4 Å². The standard InChI is InChI=1S/C21H24N4O2/c26-20(22-16-8-10-17(11-9-16)24-12-1-2-13-24)18-6-5-7-19(23-18)21(27)25-14-3-4-15-25/h5-11H,1-4,12-15H2,(H,22,26). The Morgan fingerprint density at radius 1 is 0.815 bits per heavy atom. The first-order valence-electron chi connectivity index (χ1n) is 9.63. The topological polar surface area (TPSA) is 65.5 Å². The molecule has 140 valence electrons. The molecule has 6 nitrogen and oxygen atoms in total. The van der Waals surface area contributed by atoms with Gasteiger partial charge in [0.05, 0.1) is 0 Å². The molecule has 0 spiro atoms. The van der Waals surface area contributed by atoms with Crippen LogP contribution in [0, 0.1) is 0 Å². The molecule has 3 heterocycles. The zero-order chi connectivity index (χ0) is 18.6. The lowest BCUT2D eigenvalue weighted by Crippen LogP contribution is -2.29. The number of aromatic nitrogens is 1. The molecule has 0 saturated carbocycles. The van der Waals surface area contributed by atoms with E-state index in [0.29, 0.717) is 5.69 Å². The molecular weight excluding hydrogens is 340 g/mol. The summed E-state index contributed by atoms with van der Waals surface area (Å²) in [6.45, 7) is 3.71. The third-order valence-corrected chi connectivity index (χ3v) is 5.19. The highest BCUT2D eigenvalue weighted by Gasteiger charge is 2.21. The number of pyridine rings is 1. The Hall–Kier alpha value is -2.89. The molecule has 2 aliphatic heterocycles. The third-order valence-electron chi connectivity index (χ3n) is 5.19. The molecule has 1 N–H and O–H groups in total. The SMILES string of the molecule is O=C(Nc1ccc(N2CCCC2)cc1)c1cccc(C(=O)N2CCCC2)n1. The van der Waals surface area contributed by atoms with Crippen LogP contribution in [0.2, 0.25) is 0 Å². The first-order chi connectivity index (χ1) is 13.2. The zero-order valence-corrected chi connectivity index (χ0v) is 15.4. The molecule has 0 atom stereocenters. The largest absolute Gasteiger partial charge is 0.372 e. The number of nitrogens with one attached hydrogen (secondary N) is 1. The van der Waals surface area contributed by atoms with Crippen molar-refractivity contribution in [3.8, 4) is 0 Å². The van der Waals surface area contributed by atoms with Gasteiger partial charge in [0.1, 0.15) is 11.4 Å². The summed E-state index contributed by atoms with van der Waals surface area (Å²) in [7, 11) is 0. The van der Waals surface area contributed by atoms with Crippen molar-refractivity contribution in [2.24, 2.45) is 0 Å². The third kappa shape index (κ3) is 3.94. The van der Waals surface area contributed by atoms with E-state index < -0.39 is 0 Å². The lowest BCUT2D eigenvalue weighted by Gasteiger charge is -2.17. The molecule has 2 aromatic rings. The van der Waals surface area contributed by atoms with Crippen molar-refractivity contribution >= 4 is 23.2 Å². The molecule has 0 unspecified atom stereocenters. The lowest BCUT2D eigenvalue weighted by molar-refractivity contribution is 0.0787. The van der Waals surface area contributed by atoms with E-state index in [1.54, 1.807) is 23.1 Å². The number of amides is 2. The van der Waals surface area contributed by atoms with Crippen LogP contribution in [0.1, 0.15) is 46.7 Å². The summed E-state index contributed by atoms with van der Waals surface area (Å²) in [4.78, 5) is 33.4. The van der Waals surface area contributed by atoms with E-state index in [9.17, 15) is 9.59 Å². The summed E-state index contributed by atoms with van der Waals surface area (Å²) in [6, 6.07) is 12.9. The summed E-state index contributed by atoms with van der Waals surface area (Å²) in [5.74, 6) is -0.405. The molecular formula is C21H24N4O2. The van der Waals surface area contributed by atoms with Crippen molar-refractivity contribution in [3.05, 3.63) is 53.9 Å². The molecule has 4 rings (SSSR count). The van der Waals surface area contributed by atoms with Gasteiger partial charge in [-0.3, -0.25) is 9.59 Å². The number of benzene rings is 1. The van der Waals surface area contributed by atoms with Gasteiger partial charge >= 0.3 is 0 Å². The quantitative estimate of drug-likeness (QED) is 0.905. The maximum absolute atomic E-state index is 12.5. The van der Waals surface area contributed by atoms with Gasteiger partial charge < -0.3 is 15.1 Å². The fourth-order valence-electron chi connectivity index (χ4n) is 3.69. The fourth-order valence-corrected chi connectivity index (χ4v) is 3.69. The van der Waals surface area contributed by atoms with Gasteiger partial charge in [-0.2, -0.15) is 0 Å². The molecule has 0 bridgehead atoms. The van der Waals surface area contributed by atoms with Crippen LogP contribution >= 0.6 is 0 Å². The number of hydrogen-bond acceptors (Lipinski definition) is 4. The molecule has 1 aromatic heterocycles. The molecule has 2 saturated heterocycles. The van der Waals surface area contributed by atoms with E-state index in [2.05, 4.69) is 15.2 Å². The molecule has 2 amide bonds. The van der Waals surface area contributed by atoms with Gasteiger partial charge in [0.25, 0.3) is 11.8 Å². The predicted octanol–water partition coefficient (Wildman–Crippen LogP) is 3.17. The molecule has 27 heavy (non-hydrogen) atoms. The van der Waals surface area contributed by atoms with Crippen LogP contribution in [0.15, 0.2) is 42.5 Å². The number of carbonyl (C=O) groups is 2. The summed E-state index contributed by atoms with van der Waals surface area (Å²) in [5, 5.41) is 2.87. The van der Waals surface area contributed by atoms with E-state index in [0.717, 1.165) is 44.7 Å². The minimum absolute atomic E-state index is 0.0999. The number of hydrogen-bond donors (Lipinski definition) is 1. The second-order valence-corrected chi connectivity index (χ2v) is 7.10. The predicted molar refractivity (Wildman–Crippen MR) is 105 cm³/mol. The second-order valence-electron chi connectivity index (χ2n) is 7.10. The average molecular weight is 364 g/mol. The van der Waals surface area contributed by atoms with Crippen LogP contribution in [0.5, 0.6) is 0 Å². The Kier molecular flexibility index (Phi) is 5.05. The maximum atomic E-state index is 12.5. The Morgan fingerprint density at radius 3 is 2.15 bits per heavy atom. The molecule has 0 aliphatic carbocycles. The smallest absolute Gasteiger partial charge is 0.274 e. The molecule has 1 aromatic carbocycles. The van der Waals surface area contributed by atoms with Crippen LogP contribution in [-0.2, 0) is 0 Å². The summed E-state index contributed by atoms with van der Waals surface area (Å²) in [6.07, 6.45) is 4.52. The van der Waals surface area contributed by atoms with Gasteiger partial charge in [0.2, 0.25) is 0 Å². The molecule has 0 radical (unpaired) electrons. The van der Waals surface area contributed by atoms with Gasteiger partial charge in [-0.1, -0.05) is 6.07 Å². The van der Waals surface area contributed by atoms with E-state index >= 15 is 0 Å². The first-order valence-corrected chi connectivity index (χ1v) is 9.63. The minimum Gasteiger partial charge on any atom is -0.372 e. The summed E-state index contributed by atoms with van der Waals surface area (Å²) in [5.41, 5.74) is 2.49. The number of carbonyl (C=O) groups excluding carboxylic acids is 2. The van der Waals surface area contributed by atoms with E-state index in [4.69, 9.17) is 0 Å². The van der Waals surface area contributed by atoms with Crippen LogP contribution in [0.25, 0.3) is 0 Å². The summed E-state index contributed by atoms with van der Waals surface area (Å²) >= 11 is 0. The van der Waals surface area contributed by atoms with Gasteiger partial charge in [-0.25, -0.2) is 4.98 Å². The number of likely N-dealkylation sites (tertiary alicyclic amines) is 1. The molecule has 2 fully saturated rings. The van der Waals surface area contributed by atoms with Crippen molar-refractivity contribution in [3.63, 3.8) is 0 Å². The van der Waals surface area contributed by atoms with Crippen LogP contribution in [-0.4, -0.2) is 47.9 Å². The van der Waals surface area contributed by atoms with Crippen molar-refractivity contribution in [1.29, 1.82) is 0 Å². The monoisotopic (exact) mass is 364 g/mol. The highest BCUT2D eigenvalue weighted by molar-refractivity contribution is 6.04. The van der Waals surface area contributed by atoms with Gasteiger partial charge in [0.15, 0.2) is 0 Å². The maximum Gasteiger partial charge on any atom is 0.274 e. The number of nitrogens with zero attached hydrogens (tertiary/aromatic N) is 3. The van der Waals surface area contributed by atoms with Gasteiger partial charge in [-0.05, 0) is 62.1 Å². The van der Waals surface area contributed by atoms with E-state index in [-0.39, 0.29) is 17.5 Å². The molecule has 2 aliphatic rings. The highest BCUT2D eigenvalue weighted by Crippen LogP contribution is 2.22. The molecule has 6 heteroatoms. The number of rotatable bonds is 4. The Balaban J connectivity index is 1.43. The average Bonchev–Trinajstić information content (AvgIpc) is 3.42. The van der Waals surface area contributed by atoms with Gasteiger partial charge in [-0.15, -0.1) is 0 Å². The van der Waals surface area contributed by atoms with Crippen molar-refractivity contribution in [1.82, 2.24) is 9.88 Å². The normalized spacial score (nSPS) is 16.6. The Morgan fingerprint density at radius 2 is 1.44 bits per heavy atom. The Labute approximate surface area is 159 Å². The van der Waals surface area contributed by atoms with Crippen LogP contribution < -0.4 is 10.2 Å². The summed E-state index contributed by atoms with van der Waals surface area (Å²) < 4.78 is 0. The van der Waals surface area contributed by atoms with E-state index in [1.165, 1.54) is 18.5 Å². The first kappa shape index (κ1) is 17.5. The lowest BCUT2D eigenvalue weighted by atomic mass is 10.2. The minimum atomic E-state index is -0.306. The van der Waals surface area contributed by atoms with Crippen molar-refractivity contribution in [2.75, 3.05) is 36.4 Å². The number of anilines is 2. The van der Waals surface area contributed by atoms with Gasteiger partial charge in [0, 0.05) is 37.6 Å². The highest BCUT2D eigenvalue weighted by atomic mass is 16.2. The zero-order valence-electron chi connectivity index (χ0n) is 15.4.